The number of aromatic amines is 1. The second kappa shape index (κ2) is 8.99. The van der Waals surface area contributed by atoms with Gasteiger partial charge in [-0.05, 0) is 32.5 Å². The van der Waals surface area contributed by atoms with Gasteiger partial charge in [-0.2, -0.15) is 0 Å². The van der Waals surface area contributed by atoms with E-state index in [0.29, 0.717) is 0 Å². The van der Waals surface area contributed by atoms with E-state index in [1.54, 1.807) is 0 Å². The highest BCUT2D eigenvalue weighted by molar-refractivity contribution is 7.71. The summed E-state index contributed by atoms with van der Waals surface area (Å²) in [5, 5.41) is 13.7. The van der Waals surface area contributed by atoms with E-state index in [4.69, 9.17) is 30.7 Å². The number of aromatic nitrogens is 2. The standard InChI is InChI=1S/C17H26N3O8PS/c1-4-5-8-25-14(22)10(2)19-29(24)26-9-11-13(28-29)17(3,23)15(27-11)20-7-6-12(21)18-16(20)30/h6-7,10-11,13,15,23H,4-5,8-9H2,1-3H3,(H,19,24)(H,18,21,30)/t10-,11+,13?,15+,17?,29?/m0/s1. The summed E-state index contributed by atoms with van der Waals surface area (Å²) in [5.41, 5.74) is -2.05. The fourth-order valence-corrected chi connectivity index (χ4v) is 5.33. The van der Waals surface area contributed by atoms with E-state index in [9.17, 15) is 19.3 Å². The molecule has 0 aliphatic carbocycles. The lowest BCUT2D eigenvalue weighted by atomic mass is 9.96. The van der Waals surface area contributed by atoms with Crippen molar-refractivity contribution in [3.05, 3.63) is 27.4 Å². The second-order valence-electron chi connectivity index (χ2n) is 7.46. The third kappa shape index (κ3) is 4.75. The van der Waals surface area contributed by atoms with Crippen molar-refractivity contribution < 1.29 is 33.0 Å². The Morgan fingerprint density at radius 2 is 2.33 bits per heavy atom. The molecule has 3 rings (SSSR count). The Bertz CT molecular complexity index is 947. The van der Waals surface area contributed by atoms with Crippen LogP contribution >= 0.6 is 20.0 Å². The molecule has 0 saturated carbocycles. The minimum atomic E-state index is -3.93. The third-order valence-electron chi connectivity index (χ3n) is 4.93. The molecule has 0 bridgehead atoms. The molecular weight excluding hydrogens is 437 g/mol. The predicted molar refractivity (Wildman–Crippen MR) is 107 cm³/mol. The molecule has 0 aromatic carbocycles. The highest BCUT2D eigenvalue weighted by Gasteiger charge is 2.59. The molecule has 2 aliphatic heterocycles. The summed E-state index contributed by atoms with van der Waals surface area (Å²) in [6.45, 7) is 5.03. The number of hydrogen-bond acceptors (Lipinski definition) is 9. The van der Waals surface area contributed by atoms with Crippen LogP contribution in [0.15, 0.2) is 17.1 Å². The van der Waals surface area contributed by atoms with Gasteiger partial charge in [0.1, 0.15) is 23.9 Å². The zero-order valence-electron chi connectivity index (χ0n) is 16.9. The Morgan fingerprint density at radius 3 is 3.00 bits per heavy atom. The minimum absolute atomic E-state index is 0.0529. The number of ether oxygens (including phenoxy) is 2. The Morgan fingerprint density at radius 1 is 1.60 bits per heavy atom. The first-order chi connectivity index (χ1) is 14.1. The highest BCUT2D eigenvalue weighted by Crippen LogP contribution is 2.55. The van der Waals surface area contributed by atoms with Crippen LogP contribution in [0.1, 0.15) is 39.8 Å². The van der Waals surface area contributed by atoms with Crippen molar-refractivity contribution in [3.63, 3.8) is 0 Å². The maximum absolute atomic E-state index is 13.1. The van der Waals surface area contributed by atoms with Gasteiger partial charge < -0.3 is 14.6 Å². The van der Waals surface area contributed by atoms with Crippen molar-refractivity contribution in [2.45, 2.75) is 63.7 Å². The van der Waals surface area contributed by atoms with Crippen LogP contribution in [0.3, 0.4) is 0 Å². The predicted octanol–water partition coefficient (Wildman–Crippen LogP) is 1.40. The average molecular weight is 463 g/mol. The molecule has 1 aromatic rings. The summed E-state index contributed by atoms with van der Waals surface area (Å²) in [6, 6.07) is 0.299. The molecule has 6 atom stereocenters. The van der Waals surface area contributed by atoms with Gasteiger partial charge in [-0.15, -0.1) is 0 Å². The number of hydrogen-bond donors (Lipinski definition) is 3. The molecule has 3 heterocycles. The molecule has 168 valence electrons. The number of carbonyl (C=O) groups is 1. The lowest BCUT2D eigenvalue weighted by Gasteiger charge is -2.36. The largest absolute Gasteiger partial charge is 0.465 e. The summed E-state index contributed by atoms with van der Waals surface area (Å²) in [4.78, 5) is 25.9. The Balaban J connectivity index is 1.73. The van der Waals surface area contributed by atoms with Gasteiger partial charge >= 0.3 is 13.7 Å². The maximum Gasteiger partial charge on any atom is 0.406 e. The van der Waals surface area contributed by atoms with Gasteiger partial charge in [0.15, 0.2) is 11.0 Å². The third-order valence-corrected chi connectivity index (χ3v) is 6.94. The number of H-pyrrole nitrogens is 1. The molecule has 0 radical (unpaired) electrons. The normalized spacial score (nSPS) is 34.3. The highest BCUT2D eigenvalue weighted by atomic mass is 32.1. The smallest absolute Gasteiger partial charge is 0.406 e. The number of unbranched alkanes of at least 4 members (excludes halogenated alkanes) is 1. The number of aliphatic hydroxyl groups is 1. The van der Waals surface area contributed by atoms with Crippen molar-refractivity contribution in [2.24, 2.45) is 0 Å². The second-order valence-corrected chi connectivity index (χ2v) is 9.57. The van der Waals surface area contributed by atoms with Crippen LogP contribution in [0.5, 0.6) is 0 Å². The first kappa shape index (κ1) is 23.3. The van der Waals surface area contributed by atoms with Crippen LogP contribution in [-0.2, 0) is 27.9 Å². The maximum atomic E-state index is 13.1. The van der Waals surface area contributed by atoms with Crippen LogP contribution in [-0.4, -0.2) is 57.7 Å². The molecule has 2 fully saturated rings. The van der Waals surface area contributed by atoms with E-state index in [-0.39, 0.29) is 23.5 Å². The molecule has 3 unspecified atom stereocenters. The molecule has 0 spiro atoms. The molecule has 3 N–H and O–H groups in total. The van der Waals surface area contributed by atoms with Gasteiger partial charge in [0, 0.05) is 12.3 Å². The van der Waals surface area contributed by atoms with Gasteiger partial charge in [0.05, 0.1) is 13.2 Å². The van der Waals surface area contributed by atoms with Crippen LogP contribution < -0.4 is 10.6 Å². The topological polar surface area (TPSA) is 141 Å². The first-order valence-corrected chi connectivity index (χ1v) is 11.6. The molecular formula is C17H26N3O8PS. The monoisotopic (exact) mass is 463 g/mol. The fourth-order valence-electron chi connectivity index (χ4n) is 3.30. The van der Waals surface area contributed by atoms with E-state index < -0.39 is 43.8 Å². The quantitative estimate of drug-likeness (QED) is 0.235. The summed E-state index contributed by atoms with van der Waals surface area (Å²) in [7, 11) is -3.93. The van der Waals surface area contributed by atoms with Crippen molar-refractivity contribution in [1.82, 2.24) is 14.6 Å². The van der Waals surface area contributed by atoms with Crippen molar-refractivity contribution in [2.75, 3.05) is 13.2 Å². The van der Waals surface area contributed by atoms with E-state index >= 15 is 0 Å². The van der Waals surface area contributed by atoms with Crippen LogP contribution in [0.2, 0.25) is 0 Å². The first-order valence-electron chi connectivity index (χ1n) is 9.64. The van der Waals surface area contributed by atoms with Crippen molar-refractivity contribution >= 4 is 25.9 Å². The van der Waals surface area contributed by atoms with Crippen molar-refractivity contribution in [3.8, 4) is 0 Å². The zero-order valence-corrected chi connectivity index (χ0v) is 18.6. The van der Waals surface area contributed by atoms with Gasteiger partial charge in [-0.1, -0.05) is 13.3 Å². The Hall–Kier alpha value is -1.40. The van der Waals surface area contributed by atoms with E-state index in [1.165, 1.54) is 30.7 Å². The zero-order chi connectivity index (χ0) is 22.1. The lowest BCUT2D eigenvalue weighted by molar-refractivity contribution is -0.145. The van der Waals surface area contributed by atoms with Gasteiger partial charge in [0.2, 0.25) is 0 Å². The minimum Gasteiger partial charge on any atom is -0.465 e. The molecule has 30 heavy (non-hydrogen) atoms. The Labute approximate surface area is 178 Å². The van der Waals surface area contributed by atoms with Gasteiger partial charge in [0.25, 0.3) is 5.56 Å². The van der Waals surface area contributed by atoms with E-state index in [2.05, 4.69) is 10.1 Å². The molecule has 2 saturated heterocycles. The van der Waals surface area contributed by atoms with Crippen molar-refractivity contribution in [1.29, 1.82) is 0 Å². The summed E-state index contributed by atoms with van der Waals surface area (Å²) < 4.78 is 36.4. The number of nitrogens with one attached hydrogen (secondary N) is 2. The number of fused-ring (bicyclic) bond motifs is 1. The molecule has 0 amide bonds. The summed E-state index contributed by atoms with van der Waals surface area (Å²) in [5.74, 6) is -0.583. The number of esters is 1. The van der Waals surface area contributed by atoms with Crippen LogP contribution in [0.25, 0.3) is 0 Å². The SMILES string of the molecule is CCCCOC(=O)[C@H](C)NP1(=O)OC[C@H]2O[C@@H](n3ccc(=O)[nH]c3=S)C(C)(O)C2O1. The van der Waals surface area contributed by atoms with Gasteiger partial charge in [-0.3, -0.25) is 28.2 Å². The number of nitrogens with zero attached hydrogens (tertiary/aromatic N) is 1. The molecule has 11 nitrogen and oxygen atoms in total. The van der Waals surface area contributed by atoms with Crippen LogP contribution in [0, 0.1) is 4.77 Å². The number of rotatable bonds is 7. The number of carbonyl (C=O) groups excluding carboxylic acids is 1. The summed E-state index contributed by atoms with van der Waals surface area (Å²) >= 11 is 5.14. The summed E-state index contributed by atoms with van der Waals surface area (Å²) in [6.07, 6.45) is 0.204. The molecule has 2 aliphatic rings. The van der Waals surface area contributed by atoms with Gasteiger partial charge in [-0.25, -0.2) is 9.65 Å². The van der Waals surface area contributed by atoms with E-state index in [0.717, 1.165) is 12.8 Å². The Kier molecular flexibility index (Phi) is 6.97. The molecule has 1 aromatic heterocycles. The molecule has 13 heteroatoms. The average Bonchev–Trinajstić information content (AvgIpc) is 2.92. The lowest BCUT2D eigenvalue weighted by Crippen LogP contribution is -2.49. The van der Waals surface area contributed by atoms with E-state index in [1.807, 2.05) is 6.92 Å². The fraction of sp³-hybridized carbons (Fsp3) is 0.706. The van der Waals surface area contributed by atoms with Crippen LogP contribution in [0.4, 0.5) is 0 Å².